The van der Waals surface area contributed by atoms with Crippen molar-refractivity contribution in [2.24, 2.45) is 0 Å². The Kier molecular flexibility index (Phi) is 5.17. The third-order valence-electron chi connectivity index (χ3n) is 4.55. The Balaban J connectivity index is 1.88. The summed E-state index contributed by atoms with van der Waals surface area (Å²) in [5, 5.41) is 7.62. The van der Waals surface area contributed by atoms with Crippen molar-refractivity contribution in [2.75, 3.05) is 6.54 Å². The van der Waals surface area contributed by atoms with E-state index in [0.717, 1.165) is 22.1 Å². The maximum atomic E-state index is 5.11. The summed E-state index contributed by atoms with van der Waals surface area (Å²) in [6.07, 6.45) is 3.49. The van der Waals surface area contributed by atoms with Gasteiger partial charge in [-0.2, -0.15) is 0 Å². The van der Waals surface area contributed by atoms with Crippen LogP contribution in [0.25, 0.3) is 0 Å². The predicted octanol–water partition coefficient (Wildman–Crippen LogP) is 5.09. The minimum atomic E-state index is -0.386. The van der Waals surface area contributed by atoms with E-state index in [9.17, 15) is 0 Å². The van der Waals surface area contributed by atoms with Gasteiger partial charge in [0.05, 0.1) is 11.7 Å². The van der Waals surface area contributed by atoms with Crippen molar-refractivity contribution in [3.8, 4) is 0 Å². The standard InChI is InChI=1S/C20H21BrN2O/c1-15(16-8-4-3-5-9-16)12-22-20(2,17-13-23-24-14-17)18-10-6-7-11-19(18)21/h3-11,13-15,22H,12H2,1-2H3. The van der Waals surface area contributed by atoms with Gasteiger partial charge in [0.15, 0.2) is 0 Å². The fraction of sp³-hybridized carbons (Fsp3) is 0.250. The van der Waals surface area contributed by atoms with Gasteiger partial charge in [-0.25, -0.2) is 0 Å². The Morgan fingerprint density at radius 1 is 1.12 bits per heavy atom. The largest absolute Gasteiger partial charge is 0.364 e. The first-order valence-electron chi connectivity index (χ1n) is 8.06. The van der Waals surface area contributed by atoms with Crippen molar-refractivity contribution in [1.29, 1.82) is 0 Å². The molecule has 0 aliphatic rings. The third-order valence-corrected chi connectivity index (χ3v) is 5.24. The van der Waals surface area contributed by atoms with Gasteiger partial charge in [-0.3, -0.25) is 0 Å². The molecule has 0 aliphatic carbocycles. The van der Waals surface area contributed by atoms with E-state index in [1.54, 1.807) is 12.5 Å². The van der Waals surface area contributed by atoms with Crippen LogP contribution in [0.5, 0.6) is 0 Å². The molecule has 2 atom stereocenters. The summed E-state index contributed by atoms with van der Waals surface area (Å²) in [7, 11) is 0. The van der Waals surface area contributed by atoms with Crippen LogP contribution in [0, 0.1) is 0 Å². The van der Waals surface area contributed by atoms with Gasteiger partial charge < -0.3 is 9.84 Å². The van der Waals surface area contributed by atoms with E-state index in [1.807, 2.05) is 18.2 Å². The van der Waals surface area contributed by atoms with E-state index < -0.39 is 0 Å². The van der Waals surface area contributed by atoms with Crippen LogP contribution < -0.4 is 5.32 Å². The lowest BCUT2D eigenvalue weighted by atomic mass is 9.85. The molecule has 24 heavy (non-hydrogen) atoms. The SMILES string of the molecule is CC(CNC(C)(c1cnoc1)c1ccccc1Br)c1ccccc1. The lowest BCUT2D eigenvalue weighted by Gasteiger charge is -2.32. The number of hydrogen-bond acceptors (Lipinski definition) is 3. The molecule has 4 heteroatoms. The summed E-state index contributed by atoms with van der Waals surface area (Å²) in [6.45, 7) is 5.24. The lowest BCUT2D eigenvalue weighted by molar-refractivity contribution is 0.400. The minimum Gasteiger partial charge on any atom is -0.364 e. The zero-order valence-electron chi connectivity index (χ0n) is 13.9. The lowest BCUT2D eigenvalue weighted by Crippen LogP contribution is -2.42. The molecule has 1 N–H and O–H groups in total. The van der Waals surface area contributed by atoms with Gasteiger partial charge in [-0.1, -0.05) is 76.5 Å². The predicted molar refractivity (Wildman–Crippen MR) is 100.0 cm³/mol. The summed E-state index contributed by atoms with van der Waals surface area (Å²) < 4.78 is 6.17. The molecule has 0 saturated carbocycles. The van der Waals surface area contributed by atoms with Crippen LogP contribution in [0.2, 0.25) is 0 Å². The van der Waals surface area contributed by atoms with E-state index in [1.165, 1.54) is 5.56 Å². The molecule has 0 fully saturated rings. The van der Waals surface area contributed by atoms with E-state index >= 15 is 0 Å². The molecule has 0 spiro atoms. The topological polar surface area (TPSA) is 38.1 Å². The van der Waals surface area contributed by atoms with Crippen molar-refractivity contribution >= 4 is 15.9 Å². The molecule has 124 valence electrons. The van der Waals surface area contributed by atoms with E-state index in [-0.39, 0.29) is 5.54 Å². The fourth-order valence-electron chi connectivity index (χ4n) is 2.93. The van der Waals surface area contributed by atoms with Crippen LogP contribution >= 0.6 is 15.9 Å². The quantitative estimate of drug-likeness (QED) is 0.642. The van der Waals surface area contributed by atoms with Crippen LogP contribution in [0.4, 0.5) is 0 Å². The Hall–Kier alpha value is -1.91. The van der Waals surface area contributed by atoms with Gasteiger partial charge in [-0.05, 0) is 30.0 Å². The van der Waals surface area contributed by atoms with Gasteiger partial charge in [0.2, 0.25) is 0 Å². The average Bonchev–Trinajstić information content (AvgIpc) is 3.16. The van der Waals surface area contributed by atoms with Crippen molar-refractivity contribution in [1.82, 2.24) is 10.5 Å². The number of halogens is 1. The molecule has 3 nitrogen and oxygen atoms in total. The number of hydrogen-bond donors (Lipinski definition) is 1. The van der Waals surface area contributed by atoms with Crippen molar-refractivity contribution in [2.45, 2.75) is 25.3 Å². The molecule has 0 radical (unpaired) electrons. The third kappa shape index (κ3) is 3.45. The second kappa shape index (κ2) is 7.32. The van der Waals surface area contributed by atoms with Crippen LogP contribution in [0.15, 0.2) is 76.1 Å². The number of benzene rings is 2. The number of rotatable bonds is 6. The van der Waals surface area contributed by atoms with E-state index in [4.69, 9.17) is 4.52 Å². The normalized spacial score (nSPS) is 15.0. The Morgan fingerprint density at radius 3 is 2.50 bits per heavy atom. The molecule has 3 rings (SSSR count). The second-order valence-electron chi connectivity index (χ2n) is 6.21. The van der Waals surface area contributed by atoms with Crippen LogP contribution in [-0.4, -0.2) is 11.7 Å². The van der Waals surface area contributed by atoms with Gasteiger partial charge in [0.1, 0.15) is 6.26 Å². The number of nitrogens with one attached hydrogen (secondary N) is 1. The first kappa shape index (κ1) is 16.9. The van der Waals surface area contributed by atoms with E-state index in [0.29, 0.717) is 5.92 Å². The highest BCUT2D eigenvalue weighted by Gasteiger charge is 2.32. The van der Waals surface area contributed by atoms with E-state index in [2.05, 4.69) is 76.6 Å². The zero-order chi connectivity index (χ0) is 17.0. The summed E-state index contributed by atoms with van der Waals surface area (Å²) in [5.74, 6) is 0.396. The highest BCUT2D eigenvalue weighted by Crippen LogP contribution is 2.34. The smallest absolute Gasteiger partial charge is 0.129 e. The zero-order valence-corrected chi connectivity index (χ0v) is 15.5. The first-order valence-corrected chi connectivity index (χ1v) is 8.85. The summed E-state index contributed by atoms with van der Waals surface area (Å²) >= 11 is 3.68. The maximum absolute atomic E-state index is 5.11. The molecule has 3 aromatic rings. The molecule has 0 saturated heterocycles. The Morgan fingerprint density at radius 2 is 1.83 bits per heavy atom. The molecule has 0 bridgehead atoms. The monoisotopic (exact) mass is 384 g/mol. The minimum absolute atomic E-state index is 0.386. The highest BCUT2D eigenvalue weighted by molar-refractivity contribution is 9.10. The van der Waals surface area contributed by atoms with Crippen LogP contribution in [-0.2, 0) is 5.54 Å². The van der Waals surface area contributed by atoms with Crippen molar-refractivity contribution in [3.63, 3.8) is 0 Å². The van der Waals surface area contributed by atoms with Crippen molar-refractivity contribution in [3.05, 3.63) is 88.2 Å². The van der Waals surface area contributed by atoms with Crippen molar-refractivity contribution < 1.29 is 4.52 Å². The first-order chi connectivity index (χ1) is 11.6. The van der Waals surface area contributed by atoms with Gasteiger partial charge in [0, 0.05) is 16.6 Å². The average molecular weight is 385 g/mol. The molecule has 2 unspecified atom stereocenters. The maximum Gasteiger partial charge on any atom is 0.129 e. The van der Waals surface area contributed by atoms with Gasteiger partial charge >= 0.3 is 0 Å². The molecule has 0 amide bonds. The molecular formula is C20H21BrN2O. The molecule has 0 aliphatic heterocycles. The summed E-state index contributed by atoms with van der Waals surface area (Å²) in [6, 6.07) is 18.8. The second-order valence-corrected chi connectivity index (χ2v) is 7.06. The van der Waals surface area contributed by atoms with Gasteiger partial charge in [-0.15, -0.1) is 0 Å². The Bertz CT molecular complexity index is 773. The van der Waals surface area contributed by atoms with Gasteiger partial charge in [0.25, 0.3) is 0 Å². The van der Waals surface area contributed by atoms with Crippen LogP contribution in [0.1, 0.15) is 36.5 Å². The fourth-order valence-corrected chi connectivity index (χ4v) is 3.61. The number of nitrogens with zero attached hydrogens (tertiary/aromatic N) is 1. The molecular weight excluding hydrogens is 364 g/mol. The molecule has 2 aromatic carbocycles. The van der Waals surface area contributed by atoms with Crippen LogP contribution in [0.3, 0.4) is 0 Å². The summed E-state index contributed by atoms with van der Waals surface area (Å²) in [5.41, 5.74) is 3.11. The molecule has 1 aromatic heterocycles. The summed E-state index contributed by atoms with van der Waals surface area (Å²) in [4.78, 5) is 0. The number of aromatic nitrogens is 1. The Labute approximate surface area is 151 Å². The highest BCUT2D eigenvalue weighted by atomic mass is 79.9. The molecule has 1 heterocycles.